The molecule has 2 rings (SSSR count). The van der Waals surface area contributed by atoms with Gasteiger partial charge >= 0.3 is 0 Å². The summed E-state index contributed by atoms with van der Waals surface area (Å²) < 4.78 is 26.0. The molecule has 0 spiro atoms. The van der Waals surface area contributed by atoms with Crippen LogP contribution >= 0.6 is 0 Å². The van der Waals surface area contributed by atoms with E-state index in [-0.39, 0.29) is 18.0 Å². The van der Waals surface area contributed by atoms with Gasteiger partial charge in [0, 0.05) is 31.6 Å². The van der Waals surface area contributed by atoms with E-state index in [0.717, 1.165) is 12.1 Å². The van der Waals surface area contributed by atoms with Crippen LogP contribution in [-0.2, 0) is 0 Å². The maximum Gasteiger partial charge on any atom is 0.254 e. The third kappa shape index (κ3) is 2.83. The molecule has 0 saturated carbocycles. The molecule has 2 atom stereocenters. The first-order chi connectivity index (χ1) is 8.58. The summed E-state index contributed by atoms with van der Waals surface area (Å²) >= 11 is 0. The smallest absolute Gasteiger partial charge is 0.254 e. The SMILES string of the molecule is O=C(NCC1CNCC1O)c1ccc(F)cc1F. The first-order valence-electron chi connectivity index (χ1n) is 5.70. The molecule has 1 fully saturated rings. The van der Waals surface area contributed by atoms with Crippen molar-refractivity contribution in [1.29, 1.82) is 0 Å². The summed E-state index contributed by atoms with van der Waals surface area (Å²) in [6.07, 6.45) is -0.511. The Bertz CT molecular complexity index is 454. The summed E-state index contributed by atoms with van der Waals surface area (Å²) in [4.78, 5) is 11.7. The molecule has 2 unspecified atom stereocenters. The average Bonchev–Trinajstić information content (AvgIpc) is 2.72. The van der Waals surface area contributed by atoms with E-state index in [1.165, 1.54) is 0 Å². The van der Waals surface area contributed by atoms with E-state index in [0.29, 0.717) is 19.2 Å². The molecule has 1 aromatic carbocycles. The summed E-state index contributed by atoms with van der Waals surface area (Å²) in [7, 11) is 0. The zero-order valence-electron chi connectivity index (χ0n) is 9.62. The quantitative estimate of drug-likeness (QED) is 0.727. The van der Waals surface area contributed by atoms with Crippen LogP contribution in [0.5, 0.6) is 0 Å². The van der Waals surface area contributed by atoms with E-state index >= 15 is 0 Å². The molecule has 1 aromatic rings. The Labute approximate surface area is 103 Å². The van der Waals surface area contributed by atoms with Crippen LogP contribution in [0.15, 0.2) is 18.2 Å². The van der Waals surface area contributed by atoms with Gasteiger partial charge in [-0.05, 0) is 12.1 Å². The number of aliphatic hydroxyl groups is 1. The van der Waals surface area contributed by atoms with Gasteiger partial charge < -0.3 is 15.7 Å². The lowest BCUT2D eigenvalue weighted by Crippen LogP contribution is -2.34. The summed E-state index contributed by atoms with van der Waals surface area (Å²) in [6, 6.07) is 2.80. The lowest BCUT2D eigenvalue weighted by molar-refractivity contribution is 0.0923. The highest BCUT2D eigenvalue weighted by molar-refractivity contribution is 5.94. The molecule has 0 radical (unpaired) electrons. The molecule has 6 heteroatoms. The predicted molar refractivity (Wildman–Crippen MR) is 61.1 cm³/mol. The van der Waals surface area contributed by atoms with Gasteiger partial charge in [0.25, 0.3) is 5.91 Å². The van der Waals surface area contributed by atoms with Crippen molar-refractivity contribution in [3.63, 3.8) is 0 Å². The zero-order valence-corrected chi connectivity index (χ0v) is 9.62. The van der Waals surface area contributed by atoms with Crippen molar-refractivity contribution in [2.45, 2.75) is 6.10 Å². The van der Waals surface area contributed by atoms with Crippen LogP contribution in [0.2, 0.25) is 0 Å². The van der Waals surface area contributed by atoms with Crippen molar-refractivity contribution < 1.29 is 18.7 Å². The number of amides is 1. The predicted octanol–water partition coefficient (Wildman–Crippen LogP) is 0.275. The summed E-state index contributed by atoms with van der Waals surface area (Å²) in [6.45, 7) is 1.35. The van der Waals surface area contributed by atoms with Crippen molar-refractivity contribution in [1.82, 2.24) is 10.6 Å². The number of β-amino-alcohol motifs (C(OH)–C–C–N with tert-alkyl or cyclic N) is 1. The fourth-order valence-electron chi connectivity index (χ4n) is 1.92. The number of hydrogen-bond acceptors (Lipinski definition) is 3. The van der Waals surface area contributed by atoms with Gasteiger partial charge in [0.1, 0.15) is 11.6 Å². The lowest BCUT2D eigenvalue weighted by atomic mass is 10.1. The zero-order chi connectivity index (χ0) is 13.1. The minimum Gasteiger partial charge on any atom is -0.391 e. The van der Waals surface area contributed by atoms with Crippen LogP contribution in [0.3, 0.4) is 0 Å². The first-order valence-corrected chi connectivity index (χ1v) is 5.70. The minimum absolute atomic E-state index is 0.0857. The molecule has 3 N–H and O–H groups in total. The third-order valence-corrected chi connectivity index (χ3v) is 3.00. The van der Waals surface area contributed by atoms with E-state index in [1.807, 2.05) is 0 Å². The van der Waals surface area contributed by atoms with Crippen molar-refractivity contribution in [3.8, 4) is 0 Å². The Hall–Kier alpha value is -1.53. The van der Waals surface area contributed by atoms with Gasteiger partial charge in [0.2, 0.25) is 0 Å². The average molecular weight is 256 g/mol. The lowest BCUT2D eigenvalue weighted by Gasteiger charge is -2.14. The topological polar surface area (TPSA) is 61.4 Å². The van der Waals surface area contributed by atoms with E-state index < -0.39 is 23.6 Å². The number of hydrogen-bond donors (Lipinski definition) is 3. The van der Waals surface area contributed by atoms with Crippen LogP contribution in [0.1, 0.15) is 10.4 Å². The highest BCUT2D eigenvalue weighted by Crippen LogP contribution is 2.11. The number of carbonyl (C=O) groups is 1. The number of halogens is 2. The van der Waals surface area contributed by atoms with Gasteiger partial charge in [-0.25, -0.2) is 8.78 Å². The third-order valence-electron chi connectivity index (χ3n) is 3.00. The Kier molecular flexibility index (Phi) is 3.88. The minimum atomic E-state index is -0.891. The molecule has 1 heterocycles. The molecule has 1 amide bonds. The van der Waals surface area contributed by atoms with E-state index in [4.69, 9.17) is 0 Å². The van der Waals surface area contributed by atoms with Crippen LogP contribution in [0, 0.1) is 17.6 Å². The molecule has 98 valence electrons. The number of carbonyl (C=O) groups excluding carboxylic acids is 1. The second-order valence-electron chi connectivity index (χ2n) is 4.32. The van der Waals surface area contributed by atoms with Gasteiger partial charge in [0.15, 0.2) is 0 Å². The molecule has 0 aliphatic carbocycles. The molecule has 1 aliphatic rings. The fourth-order valence-corrected chi connectivity index (χ4v) is 1.92. The van der Waals surface area contributed by atoms with Crippen LogP contribution in [-0.4, -0.2) is 36.8 Å². The van der Waals surface area contributed by atoms with Crippen molar-refractivity contribution >= 4 is 5.91 Å². The Morgan fingerprint density at radius 2 is 2.22 bits per heavy atom. The van der Waals surface area contributed by atoms with Crippen molar-refractivity contribution in [3.05, 3.63) is 35.4 Å². The number of rotatable bonds is 3. The van der Waals surface area contributed by atoms with Crippen molar-refractivity contribution in [2.75, 3.05) is 19.6 Å². The standard InChI is InChI=1S/C12H14F2N2O2/c13-8-1-2-9(10(14)3-8)12(18)16-5-7-4-15-6-11(7)17/h1-3,7,11,15,17H,4-6H2,(H,16,18). The monoisotopic (exact) mass is 256 g/mol. The van der Waals surface area contributed by atoms with Crippen LogP contribution in [0.25, 0.3) is 0 Å². The maximum absolute atomic E-state index is 13.3. The molecule has 4 nitrogen and oxygen atoms in total. The highest BCUT2D eigenvalue weighted by atomic mass is 19.1. The van der Waals surface area contributed by atoms with Gasteiger partial charge in [-0.3, -0.25) is 4.79 Å². The number of benzene rings is 1. The fraction of sp³-hybridized carbons (Fsp3) is 0.417. The summed E-state index contributed by atoms with van der Waals surface area (Å²) in [5.74, 6) is -2.30. The Morgan fingerprint density at radius 3 is 2.83 bits per heavy atom. The first kappa shape index (κ1) is 12.9. The van der Waals surface area contributed by atoms with Gasteiger partial charge in [-0.15, -0.1) is 0 Å². The summed E-state index contributed by atoms with van der Waals surface area (Å²) in [5, 5.41) is 15.0. The molecule has 1 saturated heterocycles. The second kappa shape index (κ2) is 5.41. The number of aliphatic hydroxyl groups excluding tert-OH is 1. The molecule has 18 heavy (non-hydrogen) atoms. The Morgan fingerprint density at radius 1 is 1.44 bits per heavy atom. The van der Waals surface area contributed by atoms with E-state index in [2.05, 4.69) is 10.6 Å². The molecule has 1 aliphatic heterocycles. The molecule has 0 bridgehead atoms. The highest BCUT2D eigenvalue weighted by Gasteiger charge is 2.25. The molecule has 0 aromatic heterocycles. The van der Waals surface area contributed by atoms with Crippen molar-refractivity contribution in [2.24, 2.45) is 5.92 Å². The van der Waals surface area contributed by atoms with Crippen LogP contribution in [0.4, 0.5) is 8.78 Å². The van der Waals surface area contributed by atoms with Crippen LogP contribution < -0.4 is 10.6 Å². The second-order valence-corrected chi connectivity index (χ2v) is 4.32. The van der Waals surface area contributed by atoms with E-state index in [1.54, 1.807) is 0 Å². The van der Waals surface area contributed by atoms with E-state index in [9.17, 15) is 18.7 Å². The molecular formula is C12H14F2N2O2. The van der Waals surface area contributed by atoms with Gasteiger partial charge in [-0.2, -0.15) is 0 Å². The molecular weight excluding hydrogens is 242 g/mol. The maximum atomic E-state index is 13.3. The summed E-state index contributed by atoms with van der Waals surface area (Å²) in [5.41, 5.74) is -0.197. The Balaban J connectivity index is 1.95. The normalized spacial score (nSPS) is 23.1. The van der Waals surface area contributed by atoms with Gasteiger partial charge in [-0.1, -0.05) is 0 Å². The number of nitrogens with one attached hydrogen (secondary N) is 2. The van der Waals surface area contributed by atoms with Gasteiger partial charge in [0.05, 0.1) is 11.7 Å². The largest absolute Gasteiger partial charge is 0.391 e.